The van der Waals surface area contributed by atoms with Crippen LogP contribution in [0.5, 0.6) is 0 Å². The highest BCUT2D eigenvalue weighted by molar-refractivity contribution is 7.60. The first kappa shape index (κ1) is 31.2. The minimum absolute atomic E-state index is 0.0787. The molecule has 2 heterocycles. The number of ether oxygens (including phenoxy) is 1. The molecule has 0 amide bonds. The van der Waals surface area contributed by atoms with E-state index in [2.05, 4.69) is 13.8 Å². The maximum Gasteiger partial charge on any atom is 0.481 e. The number of carboxylic acid groups (broad SMARTS) is 1. The Kier molecular flexibility index (Phi) is 12.0. The quantitative estimate of drug-likeness (QED) is 0.0993. The molecule has 0 spiro atoms. The molecule has 0 aliphatic carbocycles. The lowest BCUT2D eigenvalue weighted by atomic mass is 10.1. The van der Waals surface area contributed by atoms with Gasteiger partial charge in [-0.2, -0.15) is 9.29 Å². The number of nitrogens with two attached hydrogens (primary N) is 3. The number of hydrogen-bond acceptors (Lipinski definition) is 13. The predicted octanol–water partition coefficient (Wildman–Crippen LogP) is -2.80. The maximum atomic E-state index is 11.7. The molecule has 6 atom stereocenters. The van der Waals surface area contributed by atoms with Crippen LogP contribution in [-0.2, 0) is 27.5 Å². The number of carbonyl (C=O) groups is 1. The number of phosphoric ester groups is 1. The number of carboxylic acids is 1. The molecular formula is C15H29N5O13P2. The number of aliphatic carboxylic acids is 1. The monoisotopic (exact) mass is 549 g/mol. The van der Waals surface area contributed by atoms with Gasteiger partial charge in [0.05, 0.1) is 6.61 Å². The Morgan fingerprint density at radius 3 is 2.37 bits per heavy atom. The normalized spacial score (nSPS) is 24.8. The second kappa shape index (κ2) is 13.5. The first-order chi connectivity index (χ1) is 16.1. The van der Waals surface area contributed by atoms with Crippen molar-refractivity contribution < 1.29 is 57.5 Å². The van der Waals surface area contributed by atoms with Crippen molar-refractivity contribution in [3.63, 3.8) is 0 Å². The summed E-state index contributed by atoms with van der Waals surface area (Å²) in [5.74, 6) is -1.01. The molecule has 1 aliphatic heterocycles. The number of aromatic nitrogens is 2. The van der Waals surface area contributed by atoms with E-state index in [0.29, 0.717) is 13.0 Å². The zero-order chi connectivity index (χ0) is 27.0. The third kappa shape index (κ3) is 10.8. The van der Waals surface area contributed by atoms with Crippen molar-refractivity contribution in [2.24, 2.45) is 11.5 Å². The van der Waals surface area contributed by atoms with Crippen molar-refractivity contribution in [1.29, 1.82) is 0 Å². The molecule has 2 rings (SSSR count). The summed E-state index contributed by atoms with van der Waals surface area (Å²) >= 11 is 0. The van der Waals surface area contributed by atoms with Gasteiger partial charge in [0, 0.05) is 6.20 Å². The Bertz CT molecular complexity index is 988. The number of aliphatic hydroxyl groups is 2. The van der Waals surface area contributed by atoms with Gasteiger partial charge in [-0.15, -0.1) is 0 Å². The summed E-state index contributed by atoms with van der Waals surface area (Å²) in [6.45, 7) is -0.272. The molecule has 12 N–H and O–H groups in total. The Morgan fingerprint density at radius 2 is 1.86 bits per heavy atom. The summed E-state index contributed by atoms with van der Waals surface area (Å²) in [4.78, 5) is 51.4. The molecule has 0 saturated carbocycles. The Morgan fingerprint density at radius 1 is 1.23 bits per heavy atom. The number of nitrogen functional groups attached to an aromatic ring is 1. The topological polar surface area (TPSA) is 313 Å². The second-order valence-electron chi connectivity index (χ2n) is 7.15. The zero-order valence-electron chi connectivity index (χ0n) is 18.1. The SMILES string of the molecule is NCCCCC(N)C(=O)O.Nc1ccn([C@@H]2O[C@H](COP(=O)(O)OP(=O)(O)O)[C@@H](O)[C@H]2O)c(=O)n1. The van der Waals surface area contributed by atoms with Gasteiger partial charge in [-0.05, 0) is 25.5 Å². The van der Waals surface area contributed by atoms with Gasteiger partial charge in [-0.25, -0.2) is 13.9 Å². The second-order valence-corrected chi connectivity index (χ2v) is 9.98. The van der Waals surface area contributed by atoms with Crippen LogP contribution in [-0.4, -0.2) is 83.0 Å². The number of unbranched alkanes of at least 4 members (excludes halogenated alkanes) is 1. The van der Waals surface area contributed by atoms with E-state index in [1.807, 2.05) is 0 Å². The van der Waals surface area contributed by atoms with Crippen LogP contribution in [0, 0.1) is 0 Å². The van der Waals surface area contributed by atoms with Gasteiger partial charge in [0.25, 0.3) is 0 Å². The van der Waals surface area contributed by atoms with Gasteiger partial charge < -0.3 is 51.9 Å². The van der Waals surface area contributed by atoms with Gasteiger partial charge in [-0.1, -0.05) is 6.42 Å². The molecule has 20 heteroatoms. The fourth-order valence-electron chi connectivity index (χ4n) is 2.67. The number of hydrogen-bond donors (Lipinski definition) is 9. The smallest absolute Gasteiger partial charge is 0.480 e. The summed E-state index contributed by atoms with van der Waals surface area (Å²) in [6.07, 6.45) is -2.77. The Hall–Kier alpha value is -1.79. The van der Waals surface area contributed by atoms with Gasteiger partial charge >= 0.3 is 27.3 Å². The van der Waals surface area contributed by atoms with Crippen LogP contribution in [0.2, 0.25) is 0 Å². The van der Waals surface area contributed by atoms with E-state index in [0.717, 1.165) is 23.6 Å². The van der Waals surface area contributed by atoms with Crippen molar-refractivity contribution in [1.82, 2.24) is 9.55 Å². The summed E-state index contributed by atoms with van der Waals surface area (Å²) in [7, 11) is -10.5. The van der Waals surface area contributed by atoms with Crippen molar-refractivity contribution in [2.75, 3.05) is 18.9 Å². The van der Waals surface area contributed by atoms with Crippen LogP contribution in [0.25, 0.3) is 0 Å². The van der Waals surface area contributed by atoms with Crippen molar-refractivity contribution in [3.05, 3.63) is 22.7 Å². The largest absolute Gasteiger partial charge is 0.481 e. The molecule has 2 unspecified atom stereocenters. The van der Waals surface area contributed by atoms with E-state index in [4.69, 9.17) is 41.7 Å². The van der Waals surface area contributed by atoms with E-state index in [9.17, 15) is 28.9 Å². The zero-order valence-corrected chi connectivity index (χ0v) is 19.9. The number of aliphatic hydroxyl groups excluding tert-OH is 2. The maximum absolute atomic E-state index is 11.7. The molecule has 1 aromatic rings. The summed E-state index contributed by atoms with van der Waals surface area (Å²) in [6, 6.07) is 0.523. The van der Waals surface area contributed by atoms with E-state index in [1.165, 1.54) is 6.07 Å². The molecule has 0 radical (unpaired) electrons. The van der Waals surface area contributed by atoms with Crippen LogP contribution < -0.4 is 22.9 Å². The molecule has 1 fully saturated rings. The molecule has 1 saturated heterocycles. The highest BCUT2D eigenvalue weighted by Gasteiger charge is 2.45. The van der Waals surface area contributed by atoms with E-state index in [-0.39, 0.29) is 5.82 Å². The third-order valence-corrected chi connectivity index (χ3v) is 6.51. The van der Waals surface area contributed by atoms with Crippen LogP contribution in [0.15, 0.2) is 17.1 Å². The van der Waals surface area contributed by atoms with Crippen LogP contribution in [0.1, 0.15) is 25.5 Å². The van der Waals surface area contributed by atoms with Crippen molar-refractivity contribution >= 4 is 27.4 Å². The van der Waals surface area contributed by atoms with Gasteiger partial charge in [0.2, 0.25) is 0 Å². The first-order valence-corrected chi connectivity index (χ1v) is 12.9. The first-order valence-electron chi connectivity index (χ1n) is 9.87. The molecule has 202 valence electrons. The minimum Gasteiger partial charge on any atom is -0.480 e. The molecule has 1 aliphatic rings. The van der Waals surface area contributed by atoms with Crippen LogP contribution >= 0.6 is 15.6 Å². The average molecular weight is 549 g/mol. The average Bonchev–Trinajstić information content (AvgIpc) is 2.99. The molecule has 18 nitrogen and oxygen atoms in total. The van der Waals surface area contributed by atoms with E-state index in [1.54, 1.807) is 0 Å². The number of nitrogens with zero attached hydrogens (tertiary/aromatic N) is 2. The lowest BCUT2D eigenvalue weighted by molar-refractivity contribution is -0.138. The highest BCUT2D eigenvalue weighted by Crippen LogP contribution is 2.57. The highest BCUT2D eigenvalue weighted by atomic mass is 31.3. The van der Waals surface area contributed by atoms with Gasteiger partial charge in [0.1, 0.15) is 30.2 Å². The number of anilines is 1. The van der Waals surface area contributed by atoms with Crippen LogP contribution in [0.4, 0.5) is 5.82 Å². The Labute approximate surface area is 198 Å². The lowest BCUT2D eigenvalue weighted by Crippen LogP contribution is -2.36. The Balaban J connectivity index is 0.000000518. The van der Waals surface area contributed by atoms with Crippen LogP contribution in [0.3, 0.4) is 0 Å². The predicted molar refractivity (Wildman–Crippen MR) is 116 cm³/mol. The molecule has 0 aromatic carbocycles. The standard InChI is InChI=1S/C9H15N3O11P2.C6H14N2O2/c10-5-1-2-12(9(15)11-5)8-7(14)6(13)4(22-8)3-21-25(19,20)23-24(16,17)18;7-4-2-1-3-5(8)6(9)10/h1-2,4,6-8,13-14H,3H2,(H,19,20)(H2,10,11,15)(H2,16,17,18);5H,1-4,7-8H2,(H,9,10)/t4-,6-,7-,8-;/m1./s1. The van der Waals surface area contributed by atoms with Gasteiger partial charge in [-0.3, -0.25) is 13.9 Å². The summed E-state index contributed by atoms with van der Waals surface area (Å²) < 4.78 is 35.8. The summed E-state index contributed by atoms with van der Waals surface area (Å²) in [5, 5.41) is 28.2. The molecule has 35 heavy (non-hydrogen) atoms. The van der Waals surface area contributed by atoms with Gasteiger partial charge in [0.15, 0.2) is 6.23 Å². The number of rotatable bonds is 11. The van der Waals surface area contributed by atoms with E-state index < -0.39 is 64.5 Å². The molecule has 0 bridgehead atoms. The fraction of sp³-hybridized carbons (Fsp3) is 0.667. The van der Waals surface area contributed by atoms with Crippen molar-refractivity contribution in [2.45, 2.75) is 49.8 Å². The molecule has 1 aromatic heterocycles. The fourth-order valence-corrected chi connectivity index (χ4v) is 4.27. The lowest BCUT2D eigenvalue weighted by Gasteiger charge is -2.17. The summed E-state index contributed by atoms with van der Waals surface area (Å²) in [5.41, 5.74) is 14.9. The molecular weight excluding hydrogens is 520 g/mol. The third-order valence-electron chi connectivity index (χ3n) is 4.36. The van der Waals surface area contributed by atoms with E-state index >= 15 is 0 Å². The number of phosphoric acid groups is 2. The minimum atomic E-state index is -5.30. The van der Waals surface area contributed by atoms with Crippen molar-refractivity contribution in [3.8, 4) is 0 Å².